The maximum Gasteiger partial charge on any atom is 0.259 e. The zero-order valence-corrected chi connectivity index (χ0v) is 23.3. The van der Waals surface area contributed by atoms with Gasteiger partial charge >= 0.3 is 0 Å². The molecule has 204 valence electrons. The molecule has 0 fully saturated rings. The minimum absolute atomic E-state index is 0.0799. The third-order valence-electron chi connectivity index (χ3n) is 6.72. The van der Waals surface area contributed by atoms with Crippen LogP contribution < -0.4 is 10.6 Å². The van der Waals surface area contributed by atoms with Crippen molar-refractivity contribution in [3.63, 3.8) is 0 Å². The number of thioether (sulfide) groups is 1. The lowest BCUT2D eigenvalue weighted by Crippen LogP contribution is -2.41. The van der Waals surface area contributed by atoms with E-state index in [1.165, 1.54) is 22.2 Å². The Hall–Kier alpha value is -4.24. The van der Waals surface area contributed by atoms with Gasteiger partial charge in [-0.05, 0) is 47.7 Å². The molecular formula is C31H31N5O3S. The summed E-state index contributed by atoms with van der Waals surface area (Å²) in [6.07, 6.45) is 0.458. The number of hydrogen-bond acceptors (Lipinski definition) is 6. The molecule has 0 radical (unpaired) electrons. The monoisotopic (exact) mass is 553 g/mol. The Bertz CT molecular complexity index is 1470. The molecule has 40 heavy (non-hydrogen) atoms. The summed E-state index contributed by atoms with van der Waals surface area (Å²) < 4.78 is 0. The van der Waals surface area contributed by atoms with Crippen LogP contribution in [0.25, 0.3) is 0 Å². The molecule has 9 heteroatoms. The van der Waals surface area contributed by atoms with Gasteiger partial charge in [0.15, 0.2) is 5.17 Å². The fraction of sp³-hybridized carbons (Fsp3) is 0.258. The Morgan fingerprint density at radius 1 is 0.950 bits per heavy atom. The molecule has 2 aliphatic heterocycles. The van der Waals surface area contributed by atoms with E-state index in [1.807, 2.05) is 78.9 Å². The number of anilines is 1. The lowest BCUT2D eigenvalue weighted by atomic mass is 10.0. The van der Waals surface area contributed by atoms with Gasteiger partial charge in [-0.1, -0.05) is 80.2 Å². The van der Waals surface area contributed by atoms with Crippen molar-refractivity contribution in [1.29, 1.82) is 0 Å². The van der Waals surface area contributed by atoms with E-state index in [2.05, 4.69) is 29.5 Å². The van der Waals surface area contributed by atoms with Crippen LogP contribution in [-0.2, 0) is 20.9 Å². The predicted molar refractivity (Wildman–Crippen MR) is 160 cm³/mol. The van der Waals surface area contributed by atoms with Crippen molar-refractivity contribution in [1.82, 2.24) is 10.2 Å². The molecule has 2 heterocycles. The molecular weight excluding hydrogens is 522 g/mol. The van der Waals surface area contributed by atoms with Crippen LogP contribution >= 0.6 is 11.8 Å². The first kappa shape index (κ1) is 27.3. The Morgan fingerprint density at radius 3 is 2.42 bits per heavy atom. The van der Waals surface area contributed by atoms with E-state index in [0.717, 1.165) is 16.8 Å². The summed E-state index contributed by atoms with van der Waals surface area (Å²) in [5, 5.41) is 6.22. The molecule has 1 atom stereocenters. The summed E-state index contributed by atoms with van der Waals surface area (Å²) in [7, 11) is 0. The first-order valence-corrected chi connectivity index (χ1v) is 14.3. The predicted octanol–water partition coefficient (Wildman–Crippen LogP) is 5.24. The van der Waals surface area contributed by atoms with Crippen molar-refractivity contribution in [3.05, 3.63) is 95.6 Å². The molecule has 3 amide bonds. The molecule has 5 rings (SSSR count). The Labute approximate surface area is 238 Å². The second-order valence-corrected chi connectivity index (χ2v) is 10.9. The lowest BCUT2D eigenvalue weighted by Gasteiger charge is -2.25. The average Bonchev–Trinajstić information content (AvgIpc) is 3.31. The van der Waals surface area contributed by atoms with Gasteiger partial charge in [-0.2, -0.15) is 0 Å². The molecule has 2 N–H and O–H groups in total. The van der Waals surface area contributed by atoms with Crippen LogP contribution in [0.5, 0.6) is 0 Å². The number of benzene rings is 3. The minimum Gasteiger partial charge on any atom is -0.352 e. The molecule has 0 bridgehead atoms. The highest BCUT2D eigenvalue weighted by molar-refractivity contribution is 8.14. The van der Waals surface area contributed by atoms with Crippen LogP contribution in [0.15, 0.2) is 88.8 Å². The molecule has 0 aromatic heterocycles. The summed E-state index contributed by atoms with van der Waals surface area (Å²) in [5.74, 6) is 0.433. The second kappa shape index (κ2) is 12.3. The van der Waals surface area contributed by atoms with Crippen LogP contribution in [0.3, 0.4) is 0 Å². The summed E-state index contributed by atoms with van der Waals surface area (Å²) >= 11 is 1.19. The Balaban J connectivity index is 1.22. The van der Waals surface area contributed by atoms with E-state index in [1.54, 1.807) is 0 Å². The average molecular weight is 554 g/mol. The molecule has 3 aromatic rings. The fourth-order valence-electron chi connectivity index (χ4n) is 4.52. The van der Waals surface area contributed by atoms with Gasteiger partial charge in [0.25, 0.3) is 5.91 Å². The number of aliphatic imine (C=N–C) groups is 2. The number of fused-ring (bicyclic) bond motifs is 3. The molecule has 0 spiro atoms. The van der Waals surface area contributed by atoms with Crippen molar-refractivity contribution in [2.24, 2.45) is 9.98 Å². The molecule has 0 aliphatic carbocycles. The van der Waals surface area contributed by atoms with E-state index in [0.29, 0.717) is 29.2 Å². The van der Waals surface area contributed by atoms with Gasteiger partial charge in [-0.3, -0.25) is 19.4 Å². The molecule has 0 unspecified atom stereocenters. The topological polar surface area (TPSA) is 103 Å². The Morgan fingerprint density at radius 2 is 1.68 bits per heavy atom. The van der Waals surface area contributed by atoms with Crippen LogP contribution in [0.4, 0.5) is 11.4 Å². The molecule has 8 nitrogen and oxygen atoms in total. The molecule has 0 saturated carbocycles. The minimum atomic E-state index is -0.692. The number of nitrogens with one attached hydrogen (secondary N) is 2. The van der Waals surface area contributed by atoms with Gasteiger partial charge < -0.3 is 10.6 Å². The maximum absolute atomic E-state index is 13.5. The smallest absolute Gasteiger partial charge is 0.259 e. The third-order valence-corrected chi connectivity index (χ3v) is 7.66. The summed E-state index contributed by atoms with van der Waals surface area (Å²) in [6.45, 7) is 4.68. The zero-order chi connectivity index (χ0) is 28.1. The lowest BCUT2D eigenvalue weighted by molar-refractivity contribution is -0.125. The second-order valence-electron chi connectivity index (χ2n) is 9.97. The third kappa shape index (κ3) is 6.31. The van der Waals surface area contributed by atoms with Crippen LogP contribution in [-0.4, -0.2) is 45.4 Å². The van der Waals surface area contributed by atoms with Crippen LogP contribution in [0, 0.1) is 0 Å². The standard InChI is InChI=1S/C31H31N5O3S/c1-20(2)22-12-14-23(15-13-22)33-28(38)19-40-31-35-25-11-7-6-10-24(25)29-34-26(30(39)36(29)31)16-17-27(37)32-18-21-8-4-3-5-9-21/h3-15,20,26H,16-19H2,1-2H3,(H,32,37)(H,33,38)/t26-/m1/s1. The molecule has 3 aromatic carbocycles. The maximum atomic E-state index is 13.5. The van der Waals surface area contributed by atoms with Gasteiger partial charge in [0.2, 0.25) is 11.8 Å². The van der Waals surface area contributed by atoms with E-state index >= 15 is 0 Å². The van der Waals surface area contributed by atoms with Gasteiger partial charge in [0.1, 0.15) is 11.9 Å². The summed E-state index contributed by atoms with van der Waals surface area (Å²) in [4.78, 5) is 49.6. The number of carbonyl (C=O) groups excluding carboxylic acids is 3. The molecule has 0 saturated heterocycles. The number of amidine groups is 2. The van der Waals surface area contributed by atoms with Crippen LogP contribution in [0.2, 0.25) is 0 Å². The van der Waals surface area contributed by atoms with Crippen molar-refractivity contribution in [2.75, 3.05) is 11.1 Å². The van der Waals surface area contributed by atoms with Crippen molar-refractivity contribution < 1.29 is 14.4 Å². The van der Waals surface area contributed by atoms with Gasteiger partial charge in [-0.25, -0.2) is 9.89 Å². The largest absolute Gasteiger partial charge is 0.352 e. The Kier molecular flexibility index (Phi) is 8.40. The number of para-hydroxylation sites is 1. The number of carbonyl (C=O) groups is 3. The van der Waals surface area contributed by atoms with Gasteiger partial charge in [-0.15, -0.1) is 0 Å². The SMILES string of the molecule is CC(C)c1ccc(NC(=O)CSC2=Nc3ccccc3C3=N[C@H](CCC(=O)NCc4ccccc4)C(=O)N23)cc1. The highest BCUT2D eigenvalue weighted by Crippen LogP contribution is 2.34. The normalized spacial score (nSPS) is 15.7. The van der Waals surface area contributed by atoms with Crippen LogP contribution in [0.1, 0.15) is 49.3 Å². The zero-order valence-electron chi connectivity index (χ0n) is 22.5. The summed E-state index contributed by atoms with van der Waals surface area (Å²) in [5.41, 5.74) is 4.38. The first-order valence-electron chi connectivity index (χ1n) is 13.3. The first-order chi connectivity index (χ1) is 19.4. The van der Waals surface area contributed by atoms with E-state index in [4.69, 9.17) is 4.99 Å². The van der Waals surface area contributed by atoms with E-state index < -0.39 is 6.04 Å². The number of hydrogen-bond donors (Lipinski definition) is 2. The summed E-state index contributed by atoms with van der Waals surface area (Å²) in [6, 6.07) is 24.3. The number of rotatable bonds is 9. The quantitative estimate of drug-likeness (QED) is 0.378. The highest BCUT2D eigenvalue weighted by atomic mass is 32.2. The number of amides is 3. The van der Waals surface area contributed by atoms with E-state index in [9.17, 15) is 14.4 Å². The van der Waals surface area contributed by atoms with Crippen molar-refractivity contribution in [3.8, 4) is 0 Å². The van der Waals surface area contributed by atoms with E-state index in [-0.39, 0.29) is 36.3 Å². The molecule has 2 aliphatic rings. The van der Waals surface area contributed by atoms with Crippen molar-refractivity contribution in [2.45, 2.75) is 45.2 Å². The highest BCUT2D eigenvalue weighted by Gasteiger charge is 2.41. The fourth-order valence-corrected chi connectivity index (χ4v) is 5.32. The van der Waals surface area contributed by atoms with Gasteiger partial charge in [0, 0.05) is 24.2 Å². The number of nitrogens with zero attached hydrogens (tertiary/aromatic N) is 3. The van der Waals surface area contributed by atoms with Crippen molar-refractivity contribution >= 4 is 51.9 Å². The van der Waals surface area contributed by atoms with Gasteiger partial charge in [0.05, 0.1) is 11.4 Å².